The Morgan fingerprint density at radius 3 is 2.35 bits per heavy atom. The van der Waals surface area contributed by atoms with Gasteiger partial charge in [-0.15, -0.1) is 12.4 Å². The average molecular weight is 273 g/mol. The molecule has 9 heteroatoms. The van der Waals surface area contributed by atoms with E-state index in [-0.39, 0.29) is 12.4 Å². The molecule has 0 unspecified atom stereocenters. The highest BCUT2D eigenvalue weighted by Gasteiger charge is 2.27. The van der Waals surface area contributed by atoms with E-state index in [1.54, 1.807) is 0 Å². The maximum atomic E-state index is 12.9. The average Bonchev–Trinajstić information content (AvgIpc) is 2.19. The summed E-state index contributed by atoms with van der Waals surface area (Å²) >= 11 is 0. The van der Waals surface area contributed by atoms with Crippen molar-refractivity contribution in [3.63, 3.8) is 0 Å². The topological polar surface area (TPSA) is 89.4 Å². The second-order valence-corrected chi connectivity index (χ2v) is 2.98. The molecule has 1 rings (SSSR count). The molecule has 0 saturated heterocycles. The van der Waals surface area contributed by atoms with Crippen LogP contribution in [0, 0.1) is 15.9 Å². The molecule has 0 aromatic heterocycles. The van der Waals surface area contributed by atoms with Crippen molar-refractivity contribution < 1.29 is 23.2 Å². The van der Waals surface area contributed by atoms with E-state index in [1.165, 1.54) is 0 Å². The fraction of sp³-hybridized carbons (Fsp3) is 0.250. The molecule has 1 atom stereocenters. The maximum absolute atomic E-state index is 12.9. The number of hydrogen-bond donors (Lipinski definition) is 2. The van der Waals surface area contributed by atoms with Gasteiger partial charge in [0.05, 0.1) is 17.0 Å². The van der Waals surface area contributed by atoms with Gasteiger partial charge in [0.2, 0.25) is 0 Å². The van der Waals surface area contributed by atoms with E-state index in [4.69, 9.17) is 5.73 Å². The van der Waals surface area contributed by atoms with Crippen molar-refractivity contribution in [1.29, 1.82) is 0 Å². The van der Waals surface area contributed by atoms with Gasteiger partial charge in [-0.05, 0) is 6.07 Å². The summed E-state index contributed by atoms with van der Waals surface area (Å²) in [4.78, 5) is 9.29. The number of rotatable bonds is 3. The molecule has 0 radical (unpaired) electrons. The summed E-state index contributed by atoms with van der Waals surface area (Å²) in [5.74, 6) is -2.16. The molecule has 1 aromatic rings. The summed E-state index contributed by atoms with van der Waals surface area (Å²) in [5, 5.41) is 19.7. The Morgan fingerprint density at radius 1 is 1.41 bits per heavy atom. The Bertz CT molecular complexity index is 431. The quantitative estimate of drug-likeness (QED) is 0.651. The molecule has 17 heavy (non-hydrogen) atoms. The molecule has 0 aliphatic carbocycles. The molecule has 0 aliphatic rings. The first-order chi connectivity index (χ1) is 7.34. The monoisotopic (exact) mass is 272 g/mol. The summed E-state index contributed by atoms with van der Waals surface area (Å²) in [6, 6.07) is -1.01. The first-order valence-electron chi connectivity index (χ1n) is 4.05. The summed E-state index contributed by atoms with van der Waals surface area (Å²) in [7, 11) is 0. The van der Waals surface area contributed by atoms with Crippen molar-refractivity contribution >= 4 is 18.1 Å². The first-order valence-corrected chi connectivity index (χ1v) is 4.05. The van der Waals surface area contributed by atoms with Crippen LogP contribution < -0.4 is 5.73 Å². The number of alkyl halides is 2. The number of nitrogens with two attached hydrogens (primary N) is 1. The highest BCUT2D eigenvalue weighted by Crippen LogP contribution is 2.35. The van der Waals surface area contributed by atoms with Gasteiger partial charge < -0.3 is 10.8 Å². The number of phenols is 1. The van der Waals surface area contributed by atoms with Crippen molar-refractivity contribution in [2.24, 2.45) is 5.73 Å². The van der Waals surface area contributed by atoms with E-state index in [0.29, 0.717) is 12.1 Å². The first kappa shape index (κ1) is 15.5. The van der Waals surface area contributed by atoms with E-state index in [9.17, 15) is 28.4 Å². The van der Waals surface area contributed by atoms with Gasteiger partial charge >= 0.3 is 5.69 Å². The SMILES string of the molecule is Cl.N[C@H](c1cc(F)cc([N+](=O)[O-])c1O)C(F)F. The molecule has 0 aliphatic heterocycles. The number of nitrogens with zero attached hydrogens (tertiary/aromatic N) is 1. The standard InChI is InChI=1S/C8H7F3N2O3.ClH/c9-3-1-4(6(12)8(10)11)7(14)5(2-3)13(15)16;/h1-2,6,8,14H,12H2;1H/t6-;/m1./s1. The molecule has 0 saturated carbocycles. The smallest absolute Gasteiger partial charge is 0.313 e. The van der Waals surface area contributed by atoms with Gasteiger partial charge in [-0.3, -0.25) is 10.1 Å². The van der Waals surface area contributed by atoms with Crippen LogP contribution in [0.25, 0.3) is 0 Å². The van der Waals surface area contributed by atoms with Gasteiger partial charge in [-0.1, -0.05) is 0 Å². The largest absolute Gasteiger partial charge is 0.502 e. The zero-order chi connectivity index (χ0) is 12.5. The second-order valence-electron chi connectivity index (χ2n) is 2.98. The molecule has 96 valence electrons. The Labute approximate surface area is 99.6 Å². The third kappa shape index (κ3) is 3.21. The van der Waals surface area contributed by atoms with E-state index in [1.807, 2.05) is 0 Å². The lowest BCUT2D eigenvalue weighted by atomic mass is 10.1. The molecular weight excluding hydrogens is 265 g/mol. The zero-order valence-corrected chi connectivity index (χ0v) is 8.96. The molecule has 0 heterocycles. The summed E-state index contributed by atoms with van der Waals surface area (Å²) < 4.78 is 37.3. The van der Waals surface area contributed by atoms with Crippen LogP contribution in [0.4, 0.5) is 18.9 Å². The van der Waals surface area contributed by atoms with Crippen LogP contribution in [0.3, 0.4) is 0 Å². The van der Waals surface area contributed by atoms with Crippen molar-refractivity contribution in [3.05, 3.63) is 33.6 Å². The van der Waals surface area contributed by atoms with Crippen LogP contribution in [0.5, 0.6) is 5.75 Å². The van der Waals surface area contributed by atoms with Crippen molar-refractivity contribution in [2.75, 3.05) is 0 Å². The number of aromatic hydroxyl groups is 1. The molecule has 0 amide bonds. The van der Waals surface area contributed by atoms with Crippen molar-refractivity contribution in [2.45, 2.75) is 12.5 Å². The van der Waals surface area contributed by atoms with Crippen LogP contribution in [0.1, 0.15) is 11.6 Å². The number of phenolic OH excluding ortho intramolecular Hbond substituents is 1. The molecule has 0 fully saturated rings. The number of benzene rings is 1. The van der Waals surface area contributed by atoms with Gasteiger partial charge in [-0.25, -0.2) is 13.2 Å². The van der Waals surface area contributed by atoms with Crippen LogP contribution in [0.15, 0.2) is 12.1 Å². The van der Waals surface area contributed by atoms with Crippen LogP contribution in [-0.4, -0.2) is 16.5 Å². The van der Waals surface area contributed by atoms with Gasteiger partial charge in [0, 0.05) is 5.56 Å². The Kier molecular flexibility index (Phi) is 5.17. The van der Waals surface area contributed by atoms with E-state index in [2.05, 4.69) is 0 Å². The summed E-state index contributed by atoms with van der Waals surface area (Å²) in [6.45, 7) is 0. The van der Waals surface area contributed by atoms with E-state index in [0.717, 1.165) is 0 Å². The Morgan fingerprint density at radius 2 is 1.94 bits per heavy atom. The number of hydrogen-bond acceptors (Lipinski definition) is 4. The fourth-order valence-electron chi connectivity index (χ4n) is 1.13. The van der Waals surface area contributed by atoms with Crippen molar-refractivity contribution in [3.8, 4) is 5.75 Å². The van der Waals surface area contributed by atoms with Crippen LogP contribution in [-0.2, 0) is 0 Å². The molecular formula is C8H8ClF3N2O3. The molecule has 0 bridgehead atoms. The minimum Gasteiger partial charge on any atom is -0.502 e. The van der Waals surface area contributed by atoms with Gasteiger partial charge in [0.25, 0.3) is 6.43 Å². The van der Waals surface area contributed by atoms with E-state index >= 15 is 0 Å². The Balaban J connectivity index is 0.00000256. The number of halogens is 4. The molecule has 3 N–H and O–H groups in total. The Hall–Kier alpha value is -1.54. The zero-order valence-electron chi connectivity index (χ0n) is 8.14. The van der Waals surface area contributed by atoms with Crippen LogP contribution in [0.2, 0.25) is 0 Å². The predicted molar refractivity (Wildman–Crippen MR) is 54.9 cm³/mol. The highest BCUT2D eigenvalue weighted by atomic mass is 35.5. The molecule has 5 nitrogen and oxygen atoms in total. The number of nitro groups is 1. The lowest BCUT2D eigenvalue weighted by molar-refractivity contribution is -0.386. The normalized spacial score (nSPS) is 12.1. The van der Waals surface area contributed by atoms with Crippen molar-refractivity contribution in [1.82, 2.24) is 0 Å². The van der Waals surface area contributed by atoms with Gasteiger partial charge in [-0.2, -0.15) is 0 Å². The summed E-state index contributed by atoms with van der Waals surface area (Å²) in [5.41, 5.74) is 3.29. The maximum Gasteiger partial charge on any atom is 0.313 e. The van der Waals surface area contributed by atoms with Gasteiger partial charge in [0.15, 0.2) is 5.75 Å². The second kappa shape index (κ2) is 5.69. The lowest BCUT2D eigenvalue weighted by Crippen LogP contribution is -2.19. The fourth-order valence-corrected chi connectivity index (χ4v) is 1.13. The third-order valence-electron chi connectivity index (χ3n) is 1.91. The minimum absolute atomic E-state index is 0. The lowest BCUT2D eigenvalue weighted by Gasteiger charge is -2.12. The minimum atomic E-state index is -3.06. The predicted octanol–water partition coefficient (Wildman–Crippen LogP) is 2.13. The summed E-state index contributed by atoms with van der Waals surface area (Å²) in [6.07, 6.45) is -3.06. The van der Waals surface area contributed by atoms with Gasteiger partial charge in [0.1, 0.15) is 5.82 Å². The highest BCUT2D eigenvalue weighted by molar-refractivity contribution is 5.85. The molecule has 0 spiro atoms. The molecule has 1 aromatic carbocycles. The van der Waals surface area contributed by atoms with Crippen LogP contribution >= 0.6 is 12.4 Å². The van der Waals surface area contributed by atoms with E-state index < -0.39 is 40.2 Å². The third-order valence-corrected chi connectivity index (χ3v) is 1.91. The number of nitro benzene ring substituents is 1.